The number of unbranched alkanes of at least 4 members (excludes halogenated alkanes) is 11. The van der Waals surface area contributed by atoms with Gasteiger partial charge in [-0.2, -0.15) is 12.9 Å². The molecule has 98 heavy (non-hydrogen) atoms. The van der Waals surface area contributed by atoms with Crippen molar-refractivity contribution in [2.75, 3.05) is 66.0 Å². The number of ether oxygens (including phenoxy) is 2. The van der Waals surface area contributed by atoms with Crippen LogP contribution in [0.2, 0.25) is 0 Å². The monoisotopic (exact) mass is 1460 g/mol. The van der Waals surface area contributed by atoms with Crippen molar-refractivity contribution in [3.63, 3.8) is 0 Å². The summed E-state index contributed by atoms with van der Waals surface area (Å²) in [5.74, 6) is -1.39. The lowest BCUT2D eigenvalue weighted by Gasteiger charge is -2.23. The number of amides is 3. The van der Waals surface area contributed by atoms with Crippen molar-refractivity contribution >= 4 is 81.8 Å². The molecule has 3 aromatic carbocycles. The summed E-state index contributed by atoms with van der Waals surface area (Å²) in [7, 11) is -10.2. The SMILES string of the molecule is CCCCCCCCNC1CCN(S(=O)(=O)c2ccc(CN(Cc3ccc(S(=O)(=O)N4CCC(NCCCCCCC)C4)s3)C(=O)c3cccc(CON(Cc4ccc(S(=O)(=O)N5CCC(NCCCCC)C5)s4)C(=O)c4cccc(OC(OC)c5cccc(C(N)=O)c5)c4)c3)s2)C1. The second kappa shape index (κ2) is 37.4. The first-order valence-corrected chi connectivity index (χ1v) is 41.6. The molecule has 6 heterocycles. The van der Waals surface area contributed by atoms with E-state index >= 15 is 4.79 Å². The first kappa shape index (κ1) is 76.7. The number of hydrogen-bond acceptors (Lipinski definition) is 18. The average molecular weight is 1460 g/mol. The highest BCUT2D eigenvalue weighted by Gasteiger charge is 2.37. The van der Waals surface area contributed by atoms with Gasteiger partial charge in [0.2, 0.25) is 12.2 Å². The molecule has 4 atom stereocenters. The number of hydroxylamine groups is 2. The van der Waals surface area contributed by atoms with E-state index in [1.807, 2.05) is 0 Å². The fourth-order valence-electron chi connectivity index (χ4n) is 12.5. The molecule has 21 nitrogen and oxygen atoms in total. The highest BCUT2D eigenvalue weighted by atomic mass is 32.3. The summed E-state index contributed by atoms with van der Waals surface area (Å²) in [4.78, 5) is 52.0. The maximum absolute atomic E-state index is 15.2. The molecule has 0 saturated carbocycles. The van der Waals surface area contributed by atoms with Gasteiger partial charge in [0.05, 0.1) is 19.6 Å². The molecular formula is C71H99N9O12S6. The smallest absolute Gasteiger partial charge is 0.277 e. The van der Waals surface area contributed by atoms with Crippen LogP contribution in [-0.2, 0) is 65.9 Å². The molecule has 5 N–H and O–H groups in total. The van der Waals surface area contributed by atoms with Crippen molar-refractivity contribution in [3.05, 3.63) is 152 Å². The number of thiophene rings is 3. The molecule has 0 spiro atoms. The number of rotatable bonds is 42. The van der Waals surface area contributed by atoms with Crippen molar-refractivity contribution in [1.29, 1.82) is 0 Å². The van der Waals surface area contributed by atoms with E-state index in [9.17, 15) is 34.8 Å². The van der Waals surface area contributed by atoms with Crippen molar-refractivity contribution in [2.45, 2.75) is 193 Å². The molecule has 0 radical (unpaired) electrons. The summed E-state index contributed by atoms with van der Waals surface area (Å²) in [6.07, 6.45) is 17.1. The van der Waals surface area contributed by atoms with E-state index in [0.717, 1.165) is 104 Å². The zero-order valence-electron chi connectivity index (χ0n) is 57.1. The zero-order chi connectivity index (χ0) is 69.7. The van der Waals surface area contributed by atoms with Crippen molar-refractivity contribution in [1.82, 2.24) is 38.8 Å². The average Bonchev–Trinajstić information content (AvgIpc) is 1.64. The van der Waals surface area contributed by atoms with Crippen LogP contribution in [0.1, 0.15) is 193 Å². The summed E-state index contributed by atoms with van der Waals surface area (Å²) in [5.41, 5.74) is 7.24. The van der Waals surface area contributed by atoms with Crippen LogP contribution in [0.25, 0.3) is 0 Å². The van der Waals surface area contributed by atoms with Gasteiger partial charge in [0.1, 0.15) is 25.0 Å². The Morgan fingerprint density at radius 3 is 1.44 bits per heavy atom. The molecule has 3 aromatic heterocycles. The Kier molecular flexibility index (Phi) is 29.3. The van der Waals surface area contributed by atoms with Crippen LogP contribution < -0.4 is 26.4 Å². The van der Waals surface area contributed by atoms with Crippen molar-refractivity contribution < 1.29 is 53.9 Å². The highest BCUT2D eigenvalue weighted by Crippen LogP contribution is 2.34. The predicted molar refractivity (Wildman–Crippen MR) is 387 cm³/mol. The summed E-state index contributed by atoms with van der Waals surface area (Å²) in [5, 5.41) is 11.8. The van der Waals surface area contributed by atoms with Crippen LogP contribution in [0.5, 0.6) is 5.75 Å². The summed E-state index contributed by atoms with van der Waals surface area (Å²) >= 11 is 3.26. The van der Waals surface area contributed by atoms with Crippen LogP contribution in [0.4, 0.5) is 0 Å². The second-order valence-corrected chi connectivity index (χ2v) is 35.6. The lowest BCUT2D eigenvalue weighted by Crippen LogP contribution is -2.35. The fraction of sp³-hybridized carbons (Fsp3) is 0.535. The molecule has 0 aliphatic carbocycles. The number of nitrogens with two attached hydrogens (primary N) is 1. The molecule has 0 bridgehead atoms. The predicted octanol–water partition coefficient (Wildman–Crippen LogP) is 11.9. The number of sulfonamides is 3. The molecule has 6 aromatic rings. The lowest BCUT2D eigenvalue weighted by atomic mass is 10.1. The lowest BCUT2D eigenvalue weighted by molar-refractivity contribution is -0.139. The first-order chi connectivity index (χ1) is 47.3. The standard InChI is InChI=1S/C71H99N9O12S6/c1-5-8-11-13-15-18-39-75-60-36-42-78(48-60)97(86,87)66-32-29-63(94-66)50-76(49-62-28-31-65(93-62)96(84,85)77-41-35-59(47-77)74-38-17-14-12-9-6-2)69(82)55-24-19-22-53(43-55)52-91-80(51-64-30-33-67(95-64)98(88,89)79-40-34-58(46-79)73-37-16-10-7-3)70(83)56-25-21-27-61(45-56)92-71(90-4)57-26-20-23-54(44-57)68(72)81/h19-33,43-45,58-60,71,73-75H,5-18,34-42,46-52H2,1-4H3,(H2,72,81). The number of carbonyl (C=O) groups excluding carboxylic acids is 3. The van der Waals surface area contributed by atoms with E-state index in [1.165, 1.54) is 71.0 Å². The van der Waals surface area contributed by atoms with Gasteiger partial charge in [-0.1, -0.05) is 122 Å². The number of benzene rings is 3. The van der Waals surface area contributed by atoms with E-state index in [2.05, 4.69) is 36.7 Å². The second-order valence-electron chi connectivity index (χ2n) is 25.6. The van der Waals surface area contributed by atoms with Gasteiger partial charge < -0.3 is 36.1 Å². The Morgan fingerprint density at radius 1 is 0.520 bits per heavy atom. The Balaban J connectivity index is 0.942. The van der Waals surface area contributed by atoms with Crippen LogP contribution in [0.15, 0.2) is 122 Å². The summed E-state index contributed by atoms with van der Waals surface area (Å²) in [6, 6.07) is 29.7. The Morgan fingerprint density at radius 2 is 0.949 bits per heavy atom. The summed E-state index contributed by atoms with van der Waals surface area (Å²) in [6.45, 7) is 10.9. The van der Waals surface area contributed by atoms with Gasteiger partial charge in [-0.3, -0.25) is 19.2 Å². The molecule has 4 unspecified atom stereocenters. The number of nitrogens with one attached hydrogen (secondary N) is 3. The fourth-order valence-corrected chi connectivity index (χ4v) is 21.5. The van der Waals surface area contributed by atoms with Crippen LogP contribution in [0.3, 0.4) is 0 Å². The molecule has 9 rings (SSSR count). The Labute approximate surface area is 592 Å². The maximum Gasteiger partial charge on any atom is 0.277 e. The molecule has 3 saturated heterocycles. The van der Waals surface area contributed by atoms with Gasteiger partial charge in [0, 0.05) is 101 Å². The van der Waals surface area contributed by atoms with E-state index in [1.54, 1.807) is 108 Å². The van der Waals surface area contributed by atoms with Gasteiger partial charge in [0.25, 0.3) is 41.9 Å². The van der Waals surface area contributed by atoms with Crippen molar-refractivity contribution in [3.8, 4) is 5.75 Å². The highest BCUT2D eigenvalue weighted by molar-refractivity contribution is 7.92. The van der Waals surface area contributed by atoms with Crippen molar-refractivity contribution in [2.24, 2.45) is 5.73 Å². The molecule has 536 valence electrons. The Bertz CT molecular complexity index is 3900. The van der Waals surface area contributed by atoms with Gasteiger partial charge in [-0.05, 0) is 143 Å². The molecule has 3 amide bonds. The van der Waals surface area contributed by atoms with E-state index in [-0.39, 0.29) is 79.4 Å². The number of primary amides is 1. The number of nitrogens with zero attached hydrogens (tertiary/aromatic N) is 5. The van der Waals surface area contributed by atoms with Gasteiger partial charge in [-0.15, -0.1) is 34.0 Å². The topological polar surface area (TPSA) is 260 Å². The number of carbonyl (C=O) groups is 3. The van der Waals surface area contributed by atoms with E-state index < -0.39 is 54.1 Å². The third-order valence-corrected chi connectivity index (χ3v) is 28.3. The van der Waals surface area contributed by atoms with E-state index in [4.69, 9.17) is 20.0 Å². The van der Waals surface area contributed by atoms with E-state index in [0.29, 0.717) is 84.3 Å². The van der Waals surface area contributed by atoms with Gasteiger partial charge in [0.15, 0.2) is 0 Å². The normalized spacial score (nSPS) is 17.6. The molecule has 3 fully saturated rings. The molecule has 3 aliphatic rings. The number of methoxy groups -OCH3 is 1. The molecule has 3 aliphatic heterocycles. The third-order valence-electron chi connectivity index (χ3n) is 18.1. The summed E-state index contributed by atoms with van der Waals surface area (Å²) < 4.78 is 102. The van der Waals surface area contributed by atoms with Crippen LogP contribution >= 0.6 is 34.0 Å². The molecular weight excluding hydrogens is 1360 g/mol. The molecule has 27 heteroatoms. The maximum atomic E-state index is 15.2. The minimum Gasteiger partial charge on any atom is -0.461 e. The van der Waals surface area contributed by atoms with Gasteiger partial charge >= 0.3 is 0 Å². The van der Waals surface area contributed by atoms with Crippen LogP contribution in [0, 0.1) is 0 Å². The third kappa shape index (κ3) is 21.3. The zero-order valence-corrected chi connectivity index (χ0v) is 62.0. The quantitative estimate of drug-likeness (QED) is 0.0158. The minimum atomic E-state index is -3.88. The van der Waals surface area contributed by atoms with Crippen LogP contribution in [-0.4, -0.2) is 150 Å². The van der Waals surface area contributed by atoms with Gasteiger partial charge in [-0.25, -0.2) is 30.3 Å². The Hall–Kier alpha value is -5.50. The number of hydrogen-bond donors (Lipinski definition) is 4. The first-order valence-electron chi connectivity index (χ1n) is 34.8. The largest absolute Gasteiger partial charge is 0.461 e. The minimum absolute atomic E-state index is 0.00274.